The Labute approximate surface area is 167 Å². The Kier molecular flexibility index (Phi) is 6.63. The summed E-state index contributed by atoms with van der Waals surface area (Å²) in [5.41, 5.74) is 0.660. The van der Waals surface area contributed by atoms with Gasteiger partial charge in [-0.05, 0) is 30.2 Å². The lowest BCUT2D eigenvalue weighted by molar-refractivity contribution is -0.136. The van der Waals surface area contributed by atoms with Crippen LogP contribution in [0.1, 0.15) is 25.3 Å². The van der Waals surface area contributed by atoms with Gasteiger partial charge in [0.1, 0.15) is 24.0 Å². The number of ether oxygens (including phenoxy) is 2. The summed E-state index contributed by atoms with van der Waals surface area (Å²) in [6, 6.07) is 16.1. The number of amides is 1. The minimum Gasteiger partial charge on any atom is -0.445 e. The maximum atomic E-state index is 12.5. The van der Waals surface area contributed by atoms with Gasteiger partial charge in [0, 0.05) is 17.5 Å². The van der Waals surface area contributed by atoms with Crippen LogP contribution in [-0.2, 0) is 16.1 Å². The molecule has 0 radical (unpaired) electrons. The van der Waals surface area contributed by atoms with Gasteiger partial charge >= 0.3 is 17.7 Å². The number of carbonyl (C=O) groups is 2. The molecule has 7 heteroatoms. The molecule has 3 aromatic rings. The molecular weight excluding hydrogens is 374 g/mol. The summed E-state index contributed by atoms with van der Waals surface area (Å²) < 4.78 is 15.6. The highest BCUT2D eigenvalue weighted by Crippen LogP contribution is 2.20. The first-order chi connectivity index (χ1) is 14.0. The molecule has 0 aliphatic heterocycles. The molecule has 1 aromatic heterocycles. The van der Waals surface area contributed by atoms with Crippen molar-refractivity contribution >= 4 is 23.0 Å². The fourth-order valence-corrected chi connectivity index (χ4v) is 2.74. The Hall–Kier alpha value is -3.61. The van der Waals surface area contributed by atoms with Crippen LogP contribution in [0.4, 0.5) is 4.79 Å². The Balaban J connectivity index is 1.62. The summed E-state index contributed by atoms with van der Waals surface area (Å²) in [5.74, 6) is -0.404. The Morgan fingerprint density at radius 3 is 2.59 bits per heavy atom. The molecule has 1 N–H and O–H groups in total. The number of hydrogen-bond donors (Lipinski definition) is 1. The third-order valence-electron chi connectivity index (χ3n) is 4.18. The minimum atomic E-state index is -0.859. The van der Waals surface area contributed by atoms with E-state index in [2.05, 4.69) is 5.32 Å². The second-order valence-corrected chi connectivity index (χ2v) is 6.42. The average Bonchev–Trinajstić information content (AvgIpc) is 2.72. The van der Waals surface area contributed by atoms with Crippen molar-refractivity contribution in [2.45, 2.75) is 32.4 Å². The van der Waals surface area contributed by atoms with Crippen LogP contribution < -0.4 is 15.7 Å². The van der Waals surface area contributed by atoms with Crippen LogP contribution in [0.25, 0.3) is 11.0 Å². The molecule has 0 aliphatic carbocycles. The molecule has 0 unspecified atom stereocenters. The Morgan fingerprint density at radius 1 is 1.07 bits per heavy atom. The van der Waals surface area contributed by atoms with E-state index in [0.29, 0.717) is 23.8 Å². The van der Waals surface area contributed by atoms with Crippen molar-refractivity contribution in [3.63, 3.8) is 0 Å². The molecule has 0 spiro atoms. The molecule has 3 rings (SSSR count). The van der Waals surface area contributed by atoms with E-state index in [1.807, 2.05) is 37.3 Å². The zero-order valence-corrected chi connectivity index (χ0v) is 15.9. The Morgan fingerprint density at radius 2 is 1.83 bits per heavy atom. The van der Waals surface area contributed by atoms with Crippen molar-refractivity contribution in [1.29, 1.82) is 0 Å². The van der Waals surface area contributed by atoms with Crippen molar-refractivity contribution in [3.8, 4) is 5.75 Å². The number of alkyl carbamates (subject to hydrolysis) is 1. The van der Waals surface area contributed by atoms with E-state index >= 15 is 0 Å². The van der Waals surface area contributed by atoms with Crippen molar-refractivity contribution in [2.24, 2.45) is 0 Å². The molecule has 1 heterocycles. The zero-order chi connectivity index (χ0) is 20.6. The molecule has 29 heavy (non-hydrogen) atoms. The fourth-order valence-electron chi connectivity index (χ4n) is 2.74. The Bertz CT molecular complexity index is 1040. The van der Waals surface area contributed by atoms with E-state index in [9.17, 15) is 14.4 Å². The van der Waals surface area contributed by atoms with Gasteiger partial charge in [-0.25, -0.2) is 14.4 Å². The second-order valence-electron chi connectivity index (χ2n) is 6.42. The lowest BCUT2D eigenvalue weighted by Crippen LogP contribution is -2.43. The van der Waals surface area contributed by atoms with Crippen LogP contribution in [0.3, 0.4) is 0 Å². The fraction of sp³-hybridized carbons (Fsp3) is 0.227. The van der Waals surface area contributed by atoms with Crippen LogP contribution in [0.5, 0.6) is 5.75 Å². The molecule has 7 nitrogen and oxygen atoms in total. The van der Waals surface area contributed by atoms with Crippen molar-refractivity contribution < 1.29 is 23.5 Å². The third kappa shape index (κ3) is 5.68. The molecule has 1 amide bonds. The van der Waals surface area contributed by atoms with Gasteiger partial charge in [-0.1, -0.05) is 43.7 Å². The summed E-state index contributed by atoms with van der Waals surface area (Å²) in [7, 11) is 0. The van der Waals surface area contributed by atoms with Crippen LogP contribution in [0, 0.1) is 0 Å². The number of benzene rings is 2. The predicted molar refractivity (Wildman–Crippen MR) is 107 cm³/mol. The van der Waals surface area contributed by atoms with Crippen molar-refractivity contribution in [2.75, 3.05) is 0 Å². The van der Waals surface area contributed by atoms with Gasteiger partial charge < -0.3 is 19.2 Å². The van der Waals surface area contributed by atoms with Crippen molar-refractivity contribution in [3.05, 3.63) is 76.6 Å². The van der Waals surface area contributed by atoms with Gasteiger partial charge in [0.2, 0.25) is 0 Å². The standard InChI is InChI=1S/C22H21NO6/c1-2-6-18(23-22(26)27-14-15-7-4-3-5-8-15)21(25)28-17-11-9-16-10-12-20(24)29-19(16)13-17/h3-5,7-13,18H,2,6,14H2,1H3,(H,23,26)/t18-/m1/s1. The molecule has 0 saturated heterocycles. The first-order valence-electron chi connectivity index (χ1n) is 9.28. The van der Waals surface area contributed by atoms with E-state index in [1.54, 1.807) is 18.2 Å². The molecule has 0 fully saturated rings. The van der Waals surface area contributed by atoms with E-state index < -0.39 is 23.7 Å². The van der Waals surface area contributed by atoms with Crippen LogP contribution in [-0.4, -0.2) is 18.1 Å². The molecule has 2 aromatic carbocycles. The van der Waals surface area contributed by atoms with Gasteiger partial charge in [0.15, 0.2) is 0 Å². The van der Waals surface area contributed by atoms with Gasteiger partial charge in [-0.2, -0.15) is 0 Å². The molecule has 0 saturated carbocycles. The van der Waals surface area contributed by atoms with E-state index in [1.165, 1.54) is 12.1 Å². The largest absolute Gasteiger partial charge is 0.445 e. The van der Waals surface area contributed by atoms with Crippen LogP contribution >= 0.6 is 0 Å². The summed E-state index contributed by atoms with van der Waals surface area (Å²) in [5, 5.41) is 3.25. The number of hydrogen-bond acceptors (Lipinski definition) is 6. The third-order valence-corrected chi connectivity index (χ3v) is 4.18. The number of carbonyl (C=O) groups excluding carboxylic acids is 2. The lowest BCUT2D eigenvalue weighted by atomic mass is 10.1. The van der Waals surface area contributed by atoms with E-state index in [0.717, 1.165) is 5.56 Å². The van der Waals surface area contributed by atoms with Gasteiger partial charge in [0.05, 0.1) is 0 Å². The zero-order valence-electron chi connectivity index (χ0n) is 15.9. The maximum Gasteiger partial charge on any atom is 0.408 e. The summed E-state index contributed by atoms with van der Waals surface area (Å²) >= 11 is 0. The molecule has 1 atom stereocenters. The normalized spacial score (nSPS) is 11.6. The monoisotopic (exact) mass is 395 g/mol. The second kappa shape index (κ2) is 9.54. The van der Waals surface area contributed by atoms with E-state index in [-0.39, 0.29) is 12.4 Å². The minimum absolute atomic E-state index is 0.101. The van der Waals surface area contributed by atoms with Gasteiger partial charge in [-0.3, -0.25) is 0 Å². The molecule has 0 bridgehead atoms. The smallest absolute Gasteiger partial charge is 0.408 e. The summed E-state index contributed by atoms with van der Waals surface area (Å²) in [6.07, 6.45) is 0.349. The van der Waals surface area contributed by atoms with Crippen LogP contribution in [0.2, 0.25) is 0 Å². The molecule has 150 valence electrons. The predicted octanol–water partition coefficient (Wildman–Crippen LogP) is 3.79. The highest BCUT2D eigenvalue weighted by molar-refractivity contribution is 5.84. The number of esters is 1. The highest BCUT2D eigenvalue weighted by Gasteiger charge is 2.23. The first-order valence-corrected chi connectivity index (χ1v) is 9.28. The SMILES string of the molecule is CCC[C@@H](NC(=O)OCc1ccccc1)C(=O)Oc1ccc2ccc(=O)oc2c1. The van der Waals surface area contributed by atoms with Gasteiger partial charge in [0.25, 0.3) is 0 Å². The van der Waals surface area contributed by atoms with Crippen molar-refractivity contribution in [1.82, 2.24) is 5.32 Å². The lowest BCUT2D eigenvalue weighted by Gasteiger charge is -2.17. The van der Waals surface area contributed by atoms with E-state index in [4.69, 9.17) is 13.9 Å². The first kappa shape index (κ1) is 20.1. The summed E-state index contributed by atoms with van der Waals surface area (Å²) in [4.78, 5) is 36.0. The topological polar surface area (TPSA) is 94.8 Å². The van der Waals surface area contributed by atoms with Gasteiger partial charge in [-0.15, -0.1) is 0 Å². The summed E-state index contributed by atoms with van der Waals surface area (Å²) in [6.45, 7) is 1.99. The molecular formula is C22H21NO6. The number of rotatable bonds is 7. The maximum absolute atomic E-state index is 12.5. The molecule has 0 aliphatic rings. The number of nitrogens with one attached hydrogen (secondary N) is 1. The highest BCUT2D eigenvalue weighted by atomic mass is 16.6. The van der Waals surface area contributed by atoms with Crippen LogP contribution in [0.15, 0.2) is 69.9 Å². The quantitative estimate of drug-likeness (QED) is 0.372. The average molecular weight is 395 g/mol. The number of fused-ring (bicyclic) bond motifs is 1.